The van der Waals surface area contributed by atoms with Gasteiger partial charge in [0.15, 0.2) is 0 Å². The van der Waals surface area contributed by atoms with E-state index in [-0.39, 0.29) is 0 Å². The molecule has 0 saturated carbocycles. The first kappa shape index (κ1) is 13.1. The molecule has 18 heavy (non-hydrogen) atoms. The Morgan fingerprint density at radius 2 is 1.50 bits per heavy atom. The van der Waals surface area contributed by atoms with Gasteiger partial charge in [-0.2, -0.15) is 0 Å². The summed E-state index contributed by atoms with van der Waals surface area (Å²) in [5.41, 5.74) is 1.41. The maximum atomic E-state index is 3.69. The van der Waals surface area contributed by atoms with Crippen LogP contribution in [0.1, 0.15) is 39.3 Å². The Bertz CT molecular complexity index is 509. The highest BCUT2D eigenvalue weighted by molar-refractivity contribution is 5.86. The summed E-state index contributed by atoms with van der Waals surface area (Å²) >= 11 is 0. The lowest BCUT2D eigenvalue weighted by molar-refractivity contribution is 0.383. The number of benzene rings is 2. The molecule has 0 spiro atoms. The number of fused-ring (bicyclic) bond motifs is 1. The van der Waals surface area contributed by atoms with E-state index in [0.717, 1.165) is 0 Å². The lowest BCUT2D eigenvalue weighted by Gasteiger charge is -2.26. The second-order valence-corrected chi connectivity index (χ2v) is 5.61. The quantitative estimate of drug-likeness (QED) is 0.829. The molecule has 2 rings (SSSR count). The van der Waals surface area contributed by atoms with Gasteiger partial charge in [0.05, 0.1) is 0 Å². The van der Waals surface area contributed by atoms with Crippen molar-refractivity contribution in [1.82, 2.24) is 5.32 Å². The van der Waals surface area contributed by atoms with Crippen LogP contribution in [-0.2, 0) is 0 Å². The minimum absolute atomic E-state index is 0.413. The summed E-state index contributed by atoms with van der Waals surface area (Å²) in [4.78, 5) is 0. The zero-order valence-electron chi connectivity index (χ0n) is 11.8. The van der Waals surface area contributed by atoms with Crippen LogP contribution in [0.4, 0.5) is 0 Å². The van der Waals surface area contributed by atoms with Crippen LogP contribution in [0.25, 0.3) is 10.8 Å². The predicted octanol–water partition coefficient (Wildman–Crippen LogP) is 4.53. The fourth-order valence-electron chi connectivity index (χ4n) is 2.52. The highest BCUT2D eigenvalue weighted by Crippen LogP contribution is 2.29. The normalized spacial score (nSPS) is 13.4. The van der Waals surface area contributed by atoms with Crippen LogP contribution < -0.4 is 5.32 Å². The molecule has 0 fully saturated rings. The van der Waals surface area contributed by atoms with Gasteiger partial charge >= 0.3 is 0 Å². The summed E-state index contributed by atoms with van der Waals surface area (Å²) in [6, 6.07) is 16.1. The molecule has 0 amide bonds. The molecule has 0 bridgehead atoms. The van der Waals surface area contributed by atoms with Crippen molar-refractivity contribution in [1.29, 1.82) is 0 Å². The summed E-state index contributed by atoms with van der Waals surface area (Å²) < 4.78 is 0. The Morgan fingerprint density at radius 1 is 0.833 bits per heavy atom. The Kier molecular flexibility index (Phi) is 4.03. The van der Waals surface area contributed by atoms with Crippen LogP contribution in [0.2, 0.25) is 0 Å². The third-order valence-corrected chi connectivity index (χ3v) is 3.34. The first-order chi connectivity index (χ1) is 8.59. The zero-order chi connectivity index (χ0) is 13.1. The van der Waals surface area contributed by atoms with Gasteiger partial charge in [-0.05, 0) is 22.3 Å². The molecule has 0 aliphatic carbocycles. The van der Waals surface area contributed by atoms with E-state index in [0.29, 0.717) is 18.0 Å². The van der Waals surface area contributed by atoms with E-state index >= 15 is 0 Å². The molecule has 1 heteroatoms. The number of nitrogens with one attached hydrogen (secondary N) is 1. The van der Waals surface area contributed by atoms with Crippen molar-refractivity contribution >= 4 is 10.8 Å². The molecule has 0 aromatic heterocycles. The maximum absolute atomic E-state index is 3.69. The van der Waals surface area contributed by atoms with Crippen LogP contribution in [-0.4, -0.2) is 6.04 Å². The van der Waals surface area contributed by atoms with Crippen LogP contribution in [0.5, 0.6) is 0 Å². The molecule has 0 aliphatic rings. The average molecular weight is 241 g/mol. The molecule has 0 radical (unpaired) electrons. The molecule has 1 atom stereocenters. The van der Waals surface area contributed by atoms with E-state index in [9.17, 15) is 0 Å². The van der Waals surface area contributed by atoms with Crippen molar-refractivity contribution < 1.29 is 0 Å². The third kappa shape index (κ3) is 2.73. The molecule has 2 aromatic rings. The van der Waals surface area contributed by atoms with E-state index in [1.165, 1.54) is 16.3 Å². The summed E-state index contributed by atoms with van der Waals surface area (Å²) in [6.07, 6.45) is 0. The second-order valence-electron chi connectivity index (χ2n) is 5.61. The van der Waals surface area contributed by atoms with Crippen molar-refractivity contribution in [3.63, 3.8) is 0 Å². The lowest BCUT2D eigenvalue weighted by Crippen LogP contribution is -2.31. The standard InChI is InChI=1S/C17H23N/c1-12(2)17(18-13(3)4)16-11-7-9-14-8-5-6-10-15(14)16/h5-13,17-18H,1-4H3. The smallest absolute Gasteiger partial charge is 0.0351 e. The van der Waals surface area contributed by atoms with Crippen molar-refractivity contribution in [3.05, 3.63) is 48.0 Å². The van der Waals surface area contributed by atoms with Crippen LogP contribution in [0.15, 0.2) is 42.5 Å². The zero-order valence-corrected chi connectivity index (χ0v) is 11.8. The Hall–Kier alpha value is -1.34. The van der Waals surface area contributed by atoms with Crippen molar-refractivity contribution in [3.8, 4) is 0 Å². The van der Waals surface area contributed by atoms with Gasteiger partial charge in [0.1, 0.15) is 0 Å². The van der Waals surface area contributed by atoms with E-state index in [1.54, 1.807) is 0 Å². The van der Waals surface area contributed by atoms with Gasteiger partial charge < -0.3 is 5.32 Å². The van der Waals surface area contributed by atoms with Crippen LogP contribution >= 0.6 is 0 Å². The first-order valence-corrected chi connectivity index (χ1v) is 6.83. The summed E-state index contributed by atoms with van der Waals surface area (Å²) in [5, 5.41) is 6.38. The fourth-order valence-corrected chi connectivity index (χ4v) is 2.52. The molecule has 1 unspecified atom stereocenters. The van der Waals surface area contributed by atoms with Gasteiger partial charge in [-0.15, -0.1) is 0 Å². The lowest BCUT2D eigenvalue weighted by atomic mass is 9.91. The summed E-state index contributed by atoms with van der Waals surface area (Å²) in [7, 11) is 0. The summed E-state index contributed by atoms with van der Waals surface area (Å²) in [6.45, 7) is 8.98. The molecule has 1 N–H and O–H groups in total. The minimum Gasteiger partial charge on any atom is -0.307 e. The summed E-state index contributed by atoms with van der Waals surface area (Å²) in [5.74, 6) is 0.582. The van der Waals surface area contributed by atoms with Crippen molar-refractivity contribution in [2.45, 2.75) is 39.8 Å². The van der Waals surface area contributed by atoms with Crippen LogP contribution in [0, 0.1) is 5.92 Å². The van der Waals surface area contributed by atoms with Crippen molar-refractivity contribution in [2.75, 3.05) is 0 Å². The molecule has 0 aliphatic heterocycles. The Balaban J connectivity index is 2.50. The van der Waals surface area contributed by atoms with Gasteiger partial charge in [0, 0.05) is 12.1 Å². The molecule has 1 nitrogen and oxygen atoms in total. The molecule has 2 aromatic carbocycles. The number of hydrogen-bond acceptors (Lipinski definition) is 1. The Morgan fingerprint density at radius 3 is 2.17 bits per heavy atom. The molecule has 96 valence electrons. The highest BCUT2D eigenvalue weighted by Gasteiger charge is 2.18. The molecule has 0 saturated heterocycles. The van der Waals surface area contributed by atoms with Gasteiger partial charge in [-0.25, -0.2) is 0 Å². The van der Waals surface area contributed by atoms with Crippen molar-refractivity contribution in [2.24, 2.45) is 5.92 Å². The first-order valence-electron chi connectivity index (χ1n) is 6.83. The topological polar surface area (TPSA) is 12.0 Å². The predicted molar refractivity (Wildman–Crippen MR) is 79.8 cm³/mol. The molecular formula is C17H23N. The van der Waals surface area contributed by atoms with Gasteiger partial charge in [-0.1, -0.05) is 70.2 Å². The van der Waals surface area contributed by atoms with Gasteiger partial charge in [-0.3, -0.25) is 0 Å². The largest absolute Gasteiger partial charge is 0.307 e. The van der Waals surface area contributed by atoms with Crippen LogP contribution in [0.3, 0.4) is 0 Å². The van der Waals surface area contributed by atoms with E-state index in [2.05, 4.69) is 75.5 Å². The van der Waals surface area contributed by atoms with E-state index < -0.39 is 0 Å². The third-order valence-electron chi connectivity index (χ3n) is 3.34. The van der Waals surface area contributed by atoms with Gasteiger partial charge in [0.25, 0.3) is 0 Å². The number of hydrogen-bond donors (Lipinski definition) is 1. The second kappa shape index (κ2) is 5.53. The van der Waals surface area contributed by atoms with Gasteiger partial charge in [0.2, 0.25) is 0 Å². The highest BCUT2D eigenvalue weighted by atomic mass is 14.9. The number of rotatable bonds is 4. The van der Waals surface area contributed by atoms with E-state index in [1.807, 2.05) is 0 Å². The van der Waals surface area contributed by atoms with E-state index in [4.69, 9.17) is 0 Å². The molecule has 0 heterocycles. The SMILES string of the molecule is CC(C)NC(c1cccc2ccccc12)C(C)C. The fraction of sp³-hybridized carbons (Fsp3) is 0.412. The average Bonchev–Trinajstić information content (AvgIpc) is 2.35. The minimum atomic E-state index is 0.413. The monoisotopic (exact) mass is 241 g/mol. The maximum Gasteiger partial charge on any atom is 0.0351 e. The Labute approximate surface area is 110 Å². The molecular weight excluding hydrogens is 218 g/mol.